The monoisotopic (exact) mass is 570 g/mol. The highest BCUT2D eigenvalue weighted by Gasteiger charge is 2.29. The van der Waals surface area contributed by atoms with E-state index in [-0.39, 0.29) is 37.6 Å². The Labute approximate surface area is 223 Å². The van der Waals surface area contributed by atoms with E-state index in [4.69, 9.17) is 14.2 Å². The lowest BCUT2D eigenvalue weighted by Crippen LogP contribution is -2.52. The molecule has 0 aliphatic carbocycles. The molecule has 0 saturated carbocycles. The van der Waals surface area contributed by atoms with Crippen molar-refractivity contribution in [2.45, 2.75) is 13.5 Å². The first-order valence-electron chi connectivity index (χ1n) is 11.8. The van der Waals surface area contributed by atoms with Crippen LogP contribution in [0.4, 0.5) is 4.79 Å². The number of sulfone groups is 1. The van der Waals surface area contributed by atoms with Crippen molar-refractivity contribution < 1.29 is 41.8 Å². The zero-order valence-electron chi connectivity index (χ0n) is 21.4. The van der Waals surface area contributed by atoms with Crippen LogP contribution in [-0.2, 0) is 40.2 Å². The van der Waals surface area contributed by atoms with E-state index in [1.165, 1.54) is 24.0 Å². The van der Waals surface area contributed by atoms with Crippen LogP contribution in [0.2, 0.25) is 0 Å². The first-order chi connectivity index (χ1) is 18.1. The number of carbonyl (C=O) groups excluding carboxylic acids is 4. The van der Waals surface area contributed by atoms with Crippen LogP contribution in [0.3, 0.4) is 0 Å². The van der Waals surface area contributed by atoms with Crippen molar-refractivity contribution in [2.24, 2.45) is 4.99 Å². The molecule has 38 heavy (non-hydrogen) atoms. The van der Waals surface area contributed by atoms with E-state index in [1.807, 2.05) is 0 Å². The minimum atomic E-state index is -4.10. The van der Waals surface area contributed by atoms with Crippen molar-refractivity contribution in [2.75, 3.05) is 65.1 Å². The lowest BCUT2D eigenvalue weighted by molar-refractivity contribution is -0.130. The molecule has 1 fully saturated rings. The van der Waals surface area contributed by atoms with Gasteiger partial charge in [-0.1, -0.05) is 11.3 Å². The van der Waals surface area contributed by atoms with Gasteiger partial charge in [-0.15, -0.1) is 0 Å². The van der Waals surface area contributed by atoms with Crippen LogP contribution < -0.4 is 4.80 Å². The smallest absolute Gasteiger partial charge is 0.409 e. The van der Waals surface area contributed by atoms with Crippen molar-refractivity contribution >= 4 is 55.3 Å². The van der Waals surface area contributed by atoms with Crippen molar-refractivity contribution in [3.63, 3.8) is 0 Å². The van der Waals surface area contributed by atoms with Gasteiger partial charge in [-0.2, -0.15) is 4.99 Å². The lowest BCUT2D eigenvalue weighted by atomic mass is 10.2. The van der Waals surface area contributed by atoms with E-state index < -0.39 is 45.2 Å². The van der Waals surface area contributed by atoms with E-state index in [0.29, 0.717) is 28.9 Å². The van der Waals surface area contributed by atoms with E-state index in [2.05, 4.69) is 4.99 Å². The van der Waals surface area contributed by atoms with Gasteiger partial charge in [0.05, 0.1) is 36.1 Å². The van der Waals surface area contributed by atoms with E-state index in [1.54, 1.807) is 29.7 Å². The molecule has 1 aliphatic heterocycles. The van der Waals surface area contributed by atoms with E-state index >= 15 is 0 Å². The topological polar surface area (TPSA) is 154 Å². The number of carbonyl (C=O) groups is 4. The fraction of sp³-hybridized carbons (Fsp3) is 0.522. The highest BCUT2D eigenvalue weighted by Crippen LogP contribution is 2.20. The quantitative estimate of drug-likeness (QED) is 0.387. The molecule has 1 aliphatic rings. The van der Waals surface area contributed by atoms with Crippen LogP contribution in [0.1, 0.15) is 17.3 Å². The van der Waals surface area contributed by atoms with E-state index in [9.17, 15) is 27.6 Å². The van der Waals surface area contributed by atoms with Crippen LogP contribution in [-0.4, -0.2) is 112 Å². The second-order valence-corrected chi connectivity index (χ2v) is 11.4. The number of benzene rings is 1. The summed E-state index contributed by atoms with van der Waals surface area (Å²) in [6, 6.07) is 4.88. The predicted octanol–water partition coefficient (Wildman–Crippen LogP) is 0.279. The Balaban J connectivity index is 1.72. The number of hydrogen-bond donors (Lipinski definition) is 0. The third-order valence-corrected chi connectivity index (χ3v) is 8.10. The van der Waals surface area contributed by atoms with E-state index in [0.717, 1.165) is 11.3 Å². The van der Waals surface area contributed by atoms with Crippen LogP contribution >= 0.6 is 11.3 Å². The molecule has 0 N–H and O–H groups in total. The molecule has 0 spiro atoms. The second-order valence-electron chi connectivity index (χ2n) is 8.31. The minimum Gasteiger partial charge on any atom is -0.465 e. The molecule has 0 unspecified atom stereocenters. The maximum absolute atomic E-state index is 12.6. The molecule has 3 rings (SSSR count). The van der Waals surface area contributed by atoms with Gasteiger partial charge in [0.1, 0.15) is 11.5 Å². The average Bonchev–Trinajstić information content (AvgIpc) is 3.22. The highest BCUT2D eigenvalue weighted by atomic mass is 32.2. The molecular formula is C23H30N4O9S2. The molecule has 208 valence electrons. The molecule has 1 saturated heterocycles. The molecule has 3 amide bonds. The first kappa shape index (κ1) is 29.3. The Hall–Kier alpha value is -3.30. The molecule has 0 bridgehead atoms. The Morgan fingerprint density at radius 2 is 1.71 bits per heavy atom. The van der Waals surface area contributed by atoms with Crippen LogP contribution in [0.25, 0.3) is 10.2 Å². The Bertz CT molecular complexity index is 1370. The van der Waals surface area contributed by atoms with Gasteiger partial charge in [0.15, 0.2) is 14.6 Å². The molecular weight excluding hydrogens is 540 g/mol. The van der Waals surface area contributed by atoms with Crippen LogP contribution in [0, 0.1) is 0 Å². The van der Waals surface area contributed by atoms with Gasteiger partial charge >= 0.3 is 12.1 Å². The summed E-state index contributed by atoms with van der Waals surface area (Å²) in [6.45, 7) is 3.36. The summed E-state index contributed by atoms with van der Waals surface area (Å²) in [5, 5.41) is 0. The second kappa shape index (κ2) is 13.0. The third kappa shape index (κ3) is 7.39. The van der Waals surface area contributed by atoms with Gasteiger partial charge in [0, 0.05) is 39.8 Å². The van der Waals surface area contributed by atoms with Gasteiger partial charge < -0.3 is 28.6 Å². The third-order valence-electron chi connectivity index (χ3n) is 5.69. The van der Waals surface area contributed by atoms with Gasteiger partial charge in [0.25, 0.3) is 5.91 Å². The molecule has 15 heteroatoms. The number of piperazine rings is 1. The number of esters is 1. The predicted molar refractivity (Wildman–Crippen MR) is 137 cm³/mol. The van der Waals surface area contributed by atoms with Crippen molar-refractivity contribution in [3.8, 4) is 0 Å². The first-order valence-corrected chi connectivity index (χ1v) is 14.4. The SMILES string of the molecule is CCOC(=O)N1CCN(C(=O)CS(=O)(=O)CC(=O)N=c2sc3cc(C(=O)OC)ccc3n2CCOC)CC1. The number of thiazole rings is 1. The number of hydrogen-bond acceptors (Lipinski definition) is 10. The Morgan fingerprint density at radius 1 is 1.03 bits per heavy atom. The number of aromatic nitrogens is 1. The summed E-state index contributed by atoms with van der Waals surface area (Å²) in [5.41, 5.74) is 1.01. The number of amides is 3. The molecule has 2 aromatic rings. The molecule has 13 nitrogen and oxygen atoms in total. The Morgan fingerprint density at radius 3 is 2.34 bits per heavy atom. The standard InChI is InChI=1S/C23H30N4O9S2/c1-4-36-23(31)26-9-7-25(8-10-26)20(29)15-38(32,33)14-19(28)24-22-27(11-12-34-2)17-6-5-16(21(30)35-3)13-18(17)37-22/h5-6,13H,4,7-12,14-15H2,1-3H3. The van der Waals surface area contributed by atoms with Gasteiger partial charge in [0.2, 0.25) is 5.91 Å². The molecule has 1 aromatic carbocycles. The minimum absolute atomic E-state index is 0.167. The maximum atomic E-state index is 12.6. The number of rotatable bonds is 9. The molecule has 0 atom stereocenters. The summed E-state index contributed by atoms with van der Waals surface area (Å²) in [7, 11) is -1.31. The average molecular weight is 571 g/mol. The van der Waals surface area contributed by atoms with Crippen molar-refractivity contribution in [1.29, 1.82) is 0 Å². The Kier molecular flexibility index (Phi) is 9.99. The fourth-order valence-electron chi connectivity index (χ4n) is 3.81. The zero-order valence-corrected chi connectivity index (χ0v) is 23.0. The number of methoxy groups -OCH3 is 2. The summed E-state index contributed by atoms with van der Waals surface area (Å²) in [4.78, 5) is 55.9. The summed E-state index contributed by atoms with van der Waals surface area (Å²) in [5.74, 6) is -3.86. The summed E-state index contributed by atoms with van der Waals surface area (Å²) < 4.78 is 42.4. The van der Waals surface area contributed by atoms with Gasteiger partial charge in [-0.05, 0) is 25.1 Å². The number of fused-ring (bicyclic) bond motifs is 1. The molecule has 0 radical (unpaired) electrons. The van der Waals surface area contributed by atoms with Crippen molar-refractivity contribution in [3.05, 3.63) is 28.6 Å². The zero-order chi connectivity index (χ0) is 27.9. The number of ether oxygens (including phenoxy) is 3. The summed E-state index contributed by atoms with van der Waals surface area (Å²) >= 11 is 1.11. The molecule has 2 heterocycles. The van der Waals surface area contributed by atoms with Gasteiger partial charge in [-0.3, -0.25) is 9.59 Å². The normalized spacial score (nSPS) is 14.6. The number of nitrogens with zero attached hydrogens (tertiary/aromatic N) is 4. The van der Waals surface area contributed by atoms with Crippen LogP contribution in [0.5, 0.6) is 0 Å². The van der Waals surface area contributed by atoms with Crippen molar-refractivity contribution in [1.82, 2.24) is 14.4 Å². The lowest BCUT2D eigenvalue weighted by Gasteiger charge is -2.34. The fourth-order valence-corrected chi connectivity index (χ4v) is 6.03. The largest absolute Gasteiger partial charge is 0.465 e. The van der Waals surface area contributed by atoms with Crippen LogP contribution in [0.15, 0.2) is 23.2 Å². The molecule has 1 aromatic heterocycles. The van der Waals surface area contributed by atoms with Gasteiger partial charge in [-0.25, -0.2) is 18.0 Å². The summed E-state index contributed by atoms with van der Waals surface area (Å²) in [6.07, 6.45) is -0.482. The maximum Gasteiger partial charge on any atom is 0.409 e. The highest BCUT2D eigenvalue weighted by molar-refractivity contribution is 7.92.